The number of hydrogen-bond acceptors (Lipinski definition) is 7. The quantitative estimate of drug-likeness (QED) is 0.412. The average Bonchev–Trinajstić information content (AvgIpc) is 3.07. The number of methoxy groups -OCH3 is 2. The van der Waals surface area contributed by atoms with Crippen molar-refractivity contribution in [2.75, 3.05) is 39.3 Å². The van der Waals surface area contributed by atoms with E-state index in [-0.39, 0.29) is 29.0 Å². The van der Waals surface area contributed by atoms with Crippen molar-refractivity contribution in [2.24, 2.45) is 0 Å². The number of rotatable bonds is 10. The molecule has 0 aromatic heterocycles. The van der Waals surface area contributed by atoms with Crippen LogP contribution in [0.4, 0.5) is 14.9 Å². The number of amides is 3. The largest absolute Gasteiger partial charge is 0.493 e. The molecule has 0 atom stereocenters. The van der Waals surface area contributed by atoms with Crippen molar-refractivity contribution in [3.8, 4) is 11.5 Å². The van der Waals surface area contributed by atoms with Crippen LogP contribution in [0.5, 0.6) is 11.5 Å². The van der Waals surface area contributed by atoms with Crippen LogP contribution in [-0.2, 0) is 14.3 Å². The Balaban J connectivity index is 1.74. The van der Waals surface area contributed by atoms with Gasteiger partial charge in [-0.25, -0.2) is 4.39 Å². The Kier molecular flexibility index (Phi) is 8.45. The summed E-state index contributed by atoms with van der Waals surface area (Å²) in [7, 11) is 3.01. The number of benzene rings is 2. The fraction of sp³-hybridized carbons (Fsp3) is 0.261. The summed E-state index contributed by atoms with van der Waals surface area (Å²) in [5.74, 6) is -0.662. The third kappa shape index (κ3) is 6.33. The van der Waals surface area contributed by atoms with Crippen LogP contribution in [0.15, 0.2) is 47.4 Å². The number of nitrogens with one attached hydrogen (secondary N) is 1. The molecule has 3 amide bonds. The normalized spacial score (nSPS) is 14.6. The molecule has 0 unspecified atom stereocenters. The molecule has 1 N–H and O–H groups in total. The van der Waals surface area contributed by atoms with Crippen molar-refractivity contribution < 1.29 is 33.0 Å². The second-order valence-electron chi connectivity index (χ2n) is 6.90. The number of hydrogen-bond donors (Lipinski definition) is 1. The van der Waals surface area contributed by atoms with Crippen molar-refractivity contribution in [3.63, 3.8) is 0 Å². The van der Waals surface area contributed by atoms with Gasteiger partial charge in [-0.15, -0.1) is 0 Å². The van der Waals surface area contributed by atoms with Gasteiger partial charge in [0.15, 0.2) is 18.1 Å². The van der Waals surface area contributed by atoms with Crippen LogP contribution in [0.1, 0.15) is 12.0 Å². The molecule has 0 bridgehead atoms. The average molecular weight is 475 g/mol. The molecule has 1 saturated heterocycles. The minimum atomic E-state index is -0.461. The molecule has 0 radical (unpaired) electrons. The topological polar surface area (TPSA) is 94.2 Å². The summed E-state index contributed by atoms with van der Waals surface area (Å²) >= 11 is 0.836. The molecule has 2 aromatic carbocycles. The van der Waals surface area contributed by atoms with E-state index in [1.54, 1.807) is 25.3 Å². The van der Waals surface area contributed by atoms with E-state index in [1.165, 1.54) is 42.4 Å². The van der Waals surface area contributed by atoms with E-state index in [0.29, 0.717) is 30.0 Å². The number of halogens is 1. The standard InChI is InChI=1S/C23H23FN2O6S/c1-30-12-4-11-26-22(28)19(33-23(26)29)13-15-5-3-6-18(31-2)21(15)32-14-20(27)25-17-9-7-16(24)8-10-17/h3,5-10,13H,4,11-12,14H2,1-2H3,(H,25,27)/b19-13+. The van der Waals surface area contributed by atoms with Crippen LogP contribution in [0.25, 0.3) is 6.08 Å². The first kappa shape index (κ1) is 24.3. The number of anilines is 1. The third-order valence-electron chi connectivity index (χ3n) is 4.60. The zero-order valence-electron chi connectivity index (χ0n) is 18.1. The van der Waals surface area contributed by atoms with E-state index >= 15 is 0 Å². The van der Waals surface area contributed by atoms with Crippen LogP contribution in [0.3, 0.4) is 0 Å². The number of nitrogens with zero attached hydrogens (tertiary/aromatic N) is 1. The first-order chi connectivity index (χ1) is 15.9. The van der Waals surface area contributed by atoms with E-state index < -0.39 is 17.6 Å². The van der Waals surface area contributed by atoms with Crippen molar-refractivity contribution in [1.82, 2.24) is 4.90 Å². The fourth-order valence-electron chi connectivity index (χ4n) is 3.03. The van der Waals surface area contributed by atoms with E-state index in [1.807, 2.05) is 0 Å². The van der Waals surface area contributed by atoms with Gasteiger partial charge in [0.25, 0.3) is 17.1 Å². The summed E-state index contributed by atoms with van der Waals surface area (Å²) in [6, 6.07) is 10.4. The molecule has 1 heterocycles. The first-order valence-corrected chi connectivity index (χ1v) is 10.8. The summed E-state index contributed by atoms with van der Waals surface area (Å²) in [6.45, 7) is 0.354. The van der Waals surface area contributed by atoms with Gasteiger partial charge in [-0.05, 0) is 54.6 Å². The molecule has 1 aliphatic heterocycles. The maximum Gasteiger partial charge on any atom is 0.293 e. The van der Waals surface area contributed by atoms with Gasteiger partial charge < -0.3 is 19.5 Å². The Hall–Kier alpha value is -3.37. The Morgan fingerprint density at radius 2 is 1.91 bits per heavy atom. The lowest BCUT2D eigenvalue weighted by atomic mass is 10.1. The Morgan fingerprint density at radius 1 is 1.15 bits per heavy atom. The lowest BCUT2D eigenvalue weighted by Gasteiger charge is -2.14. The third-order valence-corrected chi connectivity index (χ3v) is 5.50. The van der Waals surface area contributed by atoms with Crippen LogP contribution in [0, 0.1) is 5.82 Å². The molecular formula is C23H23FN2O6S. The van der Waals surface area contributed by atoms with E-state index in [2.05, 4.69) is 5.32 Å². The lowest BCUT2D eigenvalue weighted by Crippen LogP contribution is -2.29. The van der Waals surface area contributed by atoms with Crippen molar-refractivity contribution in [2.45, 2.75) is 6.42 Å². The number of carbonyl (C=O) groups is 3. The van der Waals surface area contributed by atoms with E-state index in [4.69, 9.17) is 14.2 Å². The highest BCUT2D eigenvalue weighted by Gasteiger charge is 2.34. The molecule has 1 fully saturated rings. The molecule has 0 saturated carbocycles. The second kappa shape index (κ2) is 11.5. The van der Waals surface area contributed by atoms with Crippen LogP contribution < -0.4 is 14.8 Å². The van der Waals surface area contributed by atoms with Crippen molar-refractivity contribution in [1.29, 1.82) is 0 Å². The molecule has 8 nitrogen and oxygen atoms in total. The summed E-state index contributed by atoms with van der Waals surface area (Å²) < 4.78 is 29.0. The molecule has 174 valence electrons. The van der Waals surface area contributed by atoms with Crippen LogP contribution >= 0.6 is 11.8 Å². The lowest BCUT2D eigenvalue weighted by molar-refractivity contribution is -0.123. The number of thioether (sulfide) groups is 1. The van der Waals surface area contributed by atoms with Gasteiger partial charge in [0, 0.05) is 31.5 Å². The smallest absolute Gasteiger partial charge is 0.293 e. The molecule has 2 aromatic rings. The van der Waals surface area contributed by atoms with Gasteiger partial charge in [-0.3, -0.25) is 19.3 Å². The van der Waals surface area contributed by atoms with E-state index in [0.717, 1.165) is 11.8 Å². The molecule has 0 spiro atoms. The van der Waals surface area contributed by atoms with Crippen LogP contribution in [0.2, 0.25) is 0 Å². The molecule has 33 heavy (non-hydrogen) atoms. The molecular weight excluding hydrogens is 451 g/mol. The second-order valence-corrected chi connectivity index (χ2v) is 7.90. The molecule has 10 heteroatoms. The first-order valence-electron chi connectivity index (χ1n) is 10.0. The van der Waals surface area contributed by atoms with Gasteiger partial charge in [0.2, 0.25) is 0 Å². The Labute approximate surface area is 194 Å². The monoisotopic (exact) mass is 474 g/mol. The predicted molar refractivity (Wildman–Crippen MR) is 123 cm³/mol. The highest BCUT2D eigenvalue weighted by Crippen LogP contribution is 2.37. The summed E-state index contributed by atoms with van der Waals surface area (Å²) in [5.41, 5.74) is 0.902. The molecule has 1 aliphatic rings. The van der Waals surface area contributed by atoms with Gasteiger partial charge in [-0.1, -0.05) is 12.1 Å². The predicted octanol–water partition coefficient (Wildman–Crippen LogP) is 3.92. The zero-order valence-corrected chi connectivity index (χ0v) is 18.9. The molecule has 0 aliphatic carbocycles. The van der Waals surface area contributed by atoms with Gasteiger partial charge in [0.1, 0.15) is 5.82 Å². The SMILES string of the molecule is COCCCN1C(=O)S/C(=C/c2cccc(OC)c2OCC(=O)Nc2ccc(F)cc2)C1=O. The highest BCUT2D eigenvalue weighted by atomic mass is 32.2. The Bertz CT molecular complexity index is 1060. The van der Waals surface area contributed by atoms with Gasteiger partial charge in [-0.2, -0.15) is 0 Å². The molecule has 3 rings (SSSR count). The zero-order chi connectivity index (χ0) is 23.8. The Morgan fingerprint density at radius 3 is 2.61 bits per heavy atom. The minimum Gasteiger partial charge on any atom is -0.493 e. The fourth-order valence-corrected chi connectivity index (χ4v) is 3.89. The highest BCUT2D eigenvalue weighted by molar-refractivity contribution is 8.18. The summed E-state index contributed by atoms with van der Waals surface area (Å²) in [5, 5.41) is 2.25. The van der Waals surface area contributed by atoms with Crippen molar-refractivity contribution >= 4 is 40.6 Å². The maximum atomic E-state index is 13.0. The number of imide groups is 1. The minimum absolute atomic E-state index is 0.242. The van der Waals surface area contributed by atoms with Crippen LogP contribution in [-0.4, -0.2) is 55.9 Å². The van der Waals surface area contributed by atoms with E-state index in [9.17, 15) is 18.8 Å². The maximum absolute atomic E-state index is 13.0. The van der Waals surface area contributed by atoms with Crippen molar-refractivity contribution in [3.05, 3.63) is 58.8 Å². The van der Waals surface area contributed by atoms with Gasteiger partial charge in [0.05, 0.1) is 12.0 Å². The summed E-state index contributed by atoms with van der Waals surface area (Å²) in [4.78, 5) is 38.6. The summed E-state index contributed by atoms with van der Waals surface area (Å²) in [6.07, 6.45) is 2.08. The number of carbonyl (C=O) groups excluding carboxylic acids is 3. The number of ether oxygens (including phenoxy) is 3. The number of para-hydroxylation sites is 1. The van der Waals surface area contributed by atoms with Gasteiger partial charge >= 0.3 is 0 Å².